The molecule has 32 heavy (non-hydrogen) atoms. The molecule has 164 valence electrons. The number of anilines is 2. The minimum Gasteiger partial charge on any atom is -0.495 e. The minimum absolute atomic E-state index is 0.216. The number of furan rings is 1. The summed E-state index contributed by atoms with van der Waals surface area (Å²) in [6.07, 6.45) is 4.84. The van der Waals surface area contributed by atoms with Crippen LogP contribution in [0.2, 0.25) is 0 Å². The summed E-state index contributed by atoms with van der Waals surface area (Å²) < 4.78 is 12.7. The van der Waals surface area contributed by atoms with Crippen LogP contribution in [0.4, 0.5) is 11.5 Å². The van der Waals surface area contributed by atoms with Gasteiger partial charge in [-0.3, -0.25) is 4.79 Å². The quantitative estimate of drug-likeness (QED) is 0.438. The van der Waals surface area contributed by atoms with E-state index in [1.54, 1.807) is 25.3 Å². The van der Waals surface area contributed by atoms with Gasteiger partial charge in [-0.25, -0.2) is 14.6 Å². The highest BCUT2D eigenvalue weighted by atomic mass is 16.5. The van der Waals surface area contributed by atoms with Gasteiger partial charge in [-0.05, 0) is 50.2 Å². The lowest BCUT2D eigenvalue weighted by atomic mass is 10.1. The molecule has 0 atom stereocenters. The summed E-state index contributed by atoms with van der Waals surface area (Å²) in [6.45, 7) is 1.86. The number of benzene rings is 1. The van der Waals surface area contributed by atoms with Gasteiger partial charge in [0, 0.05) is 5.56 Å². The van der Waals surface area contributed by atoms with Crippen molar-refractivity contribution in [2.75, 3.05) is 31.2 Å². The van der Waals surface area contributed by atoms with Gasteiger partial charge in [-0.1, -0.05) is 6.07 Å². The Balaban J connectivity index is 1.55. The molecule has 0 aliphatic carbocycles. The molecular weight excluding hydrogens is 410 g/mol. The Morgan fingerprint density at radius 2 is 2.12 bits per heavy atom. The maximum atomic E-state index is 12.4. The number of aromatic nitrogens is 4. The summed E-state index contributed by atoms with van der Waals surface area (Å²) in [5, 5.41) is 11.8. The van der Waals surface area contributed by atoms with E-state index in [1.165, 1.54) is 12.6 Å². The van der Waals surface area contributed by atoms with Crippen molar-refractivity contribution in [3.05, 3.63) is 48.7 Å². The van der Waals surface area contributed by atoms with Gasteiger partial charge in [0.05, 0.1) is 30.5 Å². The molecule has 1 aliphatic rings. The summed E-state index contributed by atoms with van der Waals surface area (Å²) in [5.41, 5.74) is 8.94. The zero-order valence-corrected chi connectivity index (χ0v) is 17.5. The number of carbonyl (C=O) groups is 1. The smallest absolute Gasteiger partial charge is 0.291 e. The zero-order chi connectivity index (χ0) is 22.1. The predicted molar refractivity (Wildman–Crippen MR) is 120 cm³/mol. The van der Waals surface area contributed by atoms with E-state index in [4.69, 9.17) is 20.0 Å². The molecule has 10 heteroatoms. The molecule has 1 fully saturated rings. The highest BCUT2D eigenvalue weighted by molar-refractivity contribution is 6.04. The number of hydrogen-bond donors (Lipinski definition) is 3. The van der Waals surface area contributed by atoms with Crippen molar-refractivity contribution in [2.45, 2.75) is 18.9 Å². The lowest BCUT2D eigenvalue weighted by molar-refractivity contribution is 0.0996. The van der Waals surface area contributed by atoms with Gasteiger partial charge >= 0.3 is 0 Å². The van der Waals surface area contributed by atoms with Crippen molar-refractivity contribution in [2.24, 2.45) is 0 Å². The lowest BCUT2D eigenvalue weighted by Crippen LogP contribution is -2.30. The fourth-order valence-corrected chi connectivity index (χ4v) is 4.04. The van der Waals surface area contributed by atoms with Crippen molar-refractivity contribution < 1.29 is 13.9 Å². The average molecular weight is 433 g/mol. The van der Waals surface area contributed by atoms with Crippen LogP contribution >= 0.6 is 0 Å². The largest absolute Gasteiger partial charge is 0.495 e. The predicted octanol–water partition coefficient (Wildman–Crippen LogP) is 2.85. The van der Waals surface area contributed by atoms with Crippen LogP contribution in [0.3, 0.4) is 0 Å². The van der Waals surface area contributed by atoms with Crippen molar-refractivity contribution in [1.82, 2.24) is 25.1 Å². The zero-order valence-electron chi connectivity index (χ0n) is 17.5. The molecule has 1 aliphatic heterocycles. The molecule has 4 N–H and O–H groups in total. The second-order valence-corrected chi connectivity index (χ2v) is 7.58. The van der Waals surface area contributed by atoms with Gasteiger partial charge in [0.2, 0.25) is 0 Å². The van der Waals surface area contributed by atoms with Gasteiger partial charge in [0.1, 0.15) is 23.6 Å². The van der Waals surface area contributed by atoms with Gasteiger partial charge in [0.15, 0.2) is 11.4 Å². The third-order valence-corrected chi connectivity index (χ3v) is 5.64. The molecule has 1 aromatic carbocycles. The first-order valence-electron chi connectivity index (χ1n) is 10.4. The van der Waals surface area contributed by atoms with E-state index in [0.29, 0.717) is 34.0 Å². The Labute approximate surface area is 183 Å². The maximum absolute atomic E-state index is 12.4. The average Bonchev–Trinajstić information content (AvgIpc) is 3.49. The van der Waals surface area contributed by atoms with E-state index in [2.05, 4.69) is 20.6 Å². The SMILES string of the molecule is COc1cc(-c2nn(C3CCNCC3)c3ncnc(N)c23)ccc1NC(=O)c1ccco1. The number of carbonyl (C=O) groups excluding carboxylic acids is 1. The Kier molecular flexibility index (Phi) is 5.20. The van der Waals surface area contributed by atoms with E-state index in [9.17, 15) is 4.79 Å². The fraction of sp³-hybridized carbons (Fsp3) is 0.273. The van der Waals surface area contributed by atoms with Crippen LogP contribution in [0.15, 0.2) is 47.3 Å². The van der Waals surface area contributed by atoms with Crippen molar-refractivity contribution >= 4 is 28.4 Å². The molecule has 5 rings (SSSR count). The van der Waals surface area contributed by atoms with Gasteiger partial charge < -0.3 is 25.5 Å². The molecule has 3 aromatic heterocycles. The lowest BCUT2D eigenvalue weighted by Gasteiger charge is -2.23. The summed E-state index contributed by atoms with van der Waals surface area (Å²) >= 11 is 0. The number of amides is 1. The van der Waals surface area contributed by atoms with E-state index in [0.717, 1.165) is 31.5 Å². The number of nitrogens with zero attached hydrogens (tertiary/aromatic N) is 4. The Morgan fingerprint density at radius 1 is 1.28 bits per heavy atom. The first kappa shape index (κ1) is 20.0. The number of ether oxygens (including phenoxy) is 1. The van der Waals surface area contributed by atoms with Crippen LogP contribution < -0.4 is 21.1 Å². The second-order valence-electron chi connectivity index (χ2n) is 7.58. The van der Waals surface area contributed by atoms with Crippen LogP contribution in [0.5, 0.6) is 5.75 Å². The molecule has 0 spiro atoms. The molecule has 0 saturated carbocycles. The molecule has 0 radical (unpaired) electrons. The van der Waals surface area contributed by atoms with E-state index < -0.39 is 0 Å². The van der Waals surface area contributed by atoms with Gasteiger partial charge in [-0.15, -0.1) is 0 Å². The van der Waals surface area contributed by atoms with Crippen LogP contribution in [-0.2, 0) is 0 Å². The van der Waals surface area contributed by atoms with Crippen LogP contribution in [0, 0.1) is 0 Å². The third-order valence-electron chi connectivity index (χ3n) is 5.64. The molecule has 0 bridgehead atoms. The topological polar surface area (TPSA) is 133 Å². The highest BCUT2D eigenvalue weighted by Crippen LogP contribution is 2.37. The monoisotopic (exact) mass is 433 g/mol. The third kappa shape index (κ3) is 3.54. The van der Waals surface area contributed by atoms with E-state index >= 15 is 0 Å². The maximum Gasteiger partial charge on any atom is 0.291 e. The van der Waals surface area contributed by atoms with E-state index in [1.807, 2.05) is 16.8 Å². The standard InChI is InChI=1S/C22H23N7O3/c1-31-17-11-13(4-5-15(17)27-22(30)16-3-2-10-32-16)19-18-20(23)25-12-26-21(18)29(28-19)14-6-8-24-9-7-14/h2-5,10-12,14,24H,6-9H2,1H3,(H,27,30)(H2,23,25,26). The summed E-state index contributed by atoms with van der Waals surface area (Å²) in [5.74, 6) is 0.717. The molecular formula is C22H23N7O3. The summed E-state index contributed by atoms with van der Waals surface area (Å²) in [6, 6.07) is 8.93. The number of fused-ring (bicyclic) bond motifs is 1. The molecule has 1 saturated heterocycles. The van der Waals surface area contributed by atoms with Crippen molar-refractivity contribution in [3.63, 3.8) is 0 Å². The first-order valence-corrected chi connectivity index (χ1v) is 10.4. The minimum atomic E-state index is -0.362. The molecule has 1 amide bonds. The number of piperidine rings is 1. The second kappa shape index (κ2) is 8.31. The Hall–Kier alpha value is -3.92. The molecule has 0 unspecified atom stereocenters. The van der Waals surface area contributed by atoms with E-state index in [-0.39, 0.29) is 17.7 Å². The first-order chi connectivity index (χ1) is 15.7. The number of nitrogens with one attached hydrogen (secondary N) is 2. The van der Waals surface area contributed by atoms with Crippen LogP contribution in [0.25, 0.3) is 22.3 Å². The van der Waals surface area contributed by atoms with Gasteiger partial charge in [0.25, 0.3) is 5.91 Å². The molecule has 4 aromatic rings. The number of rotatable bonds is 5. The van der Waals surface area contributed by atoms with Gasteiger partial charge in [-0.2, -0.15) is 5.10 Å². The Morgan fingerprint density at radius 3 is 2.88 bits per heavy atom. The number of hydrogen-bond acceptors (Lipinski definition) is 8. The molecule has 10 nitrogen and oxygen atoms in total. The van der Waals surface area contributed by atoms with Crippen LogP contribution in [0.1, 0.15) is 29.4 Å². The van der Waals surface area contributed by atoms with Crippen molar-refractivity contribution in [3.8, 4) is 17.0 Å². The normalized spacial score (nSPS) is 14.5. The van der Waals surface area contributed by atoms with Crippen molar-refractivity contribution in [1.29, 1.82) is 0 Å². The fourth-order valence-electron chi connectivity index (χ4n) is 4.04. The highest BCUT2D eigenvalue weighted by Gasteiger charge is 2.24. The summed E-state index contributed by atoms with van der Waals surface area (Å²) in [7, 11) is 1.55. The number of nitrogen functional groups attached to an aromatic ring is 1. The van der Waals surface area contributed by atoms with Crippen LogP contribution in [-0.4, -0.2) is 45.9 Å². The number of methoxy groups -OCH3 is 1. The summed E-state index contributed by atoms with van der Waals surface area (Å²) in [4.78, 5) is 21.0. The number of nitrogens with two attached hydrogens (primary N) is 1. The molecule has 4 heterocycles. The Bertz CT molecular complexity index is 1260.